The Balaban J connectivity index is 3.22. The van der Waals surface area contributed by atoms with E-state index in [1.807, 2.05) is 13.2 Å². The molecule has 0 bridgehead atoms. The summed E-state index contributed by atoms with van der Waals surface area (Å²) in [6, 6.07) is 4.22. The van der Waals surface area contributed by atoms with Crippen LogP contribution in [0.3, 0.4) is 0 Å². The Labute approximate surface area is 128 Å². The molecule has 0 amide bonds. The summed E-state index contributed by atoms with van der Waals surface area (Å²) in [4.78, 5) is 10.2. The monoisotopic (exact) mass is 333 g/mol. The highest BCUT2D eigenvalue weighted by Gasteiger charge is 2.28. The van der Waals surface area contributed by atoms with Gasteiger partial charge in [0.05, 0.1) is 4.92 Å². The third-order valence-corrected chi connectivity index (χ3v) is 5.23. The molecule has 0 aliphatic heterocycles. The first-order chi connectivity index (χ1) is 9.83. The normalized spacial score (nSPS) is 12.9. The molecular weight excluding hydrogens is 314 g/mol. The zero-order valence-electron chi connectivity index (χ0n) is 12.1. The molecular formula is C12H19N3O4S2. The quantitative estimate of drug-likeness (QED) is 0.558. The van der Waals surface area contributed by atoms with Gasteiger partial charge in [-0.25, -0.2) is 13.1 Å². The van der Waals surface area contributed by atoms with Crippen LogP contribution in [0.15, 0.2) is 23.1 Å². The SMILES string of the molecule is CCNc1cccc(S(=O)(=O)NCC(C)SC)c1[N+](=O)[O-]. The third kappa shape index (κ3) is 4.58. The van der Waals surface area contributed by atoms with Gasteiger partial charge in [0.25, 0.3) is 0 Å². The molecule has 1 aromatic rings. The molecule has 0 aliphatic rings. The fourth-order valence-corrected chi connectivity index (χ4v) is 3.33. The molecule has 9 heteroatoms. The van der Waals surface area contributed by atoms with Crippen molar-refractivity contribution in [1.82, 2.24) is 4.72 Å². The number of para-hydroxylation sites is 1. The van der Waals surface area contributed by atoms with Crippen molar-refractivity contribution in [1.29, 1.82) is 0 Å². The molecule has 21 heavy (non-hydrogen) atoms. The van der Waals surface area contributed by atoms with E-state index in [-0.39, 0.29) is 22.4 Å². The van der Waals surface area contributed by atoms with Gasteiger partial charge in [-0.1, -0.05) is 13.0 Å². The van der Waals surface area contributed by atoms with E-state index in [9.17, 15) is 18.5 Å². The molecule has 7 nitrogen and oxygen atoms in total. The minimum absolute atomic E-state index is 0.0794. The van der Waals surface area contributed by atoms with E-state index in [4.69, 9.17) is 0 Å². The van der Waals surface area contributed by atoms with E-state index >= 15 is 0 Å². The van der Waals surface area contributed by atoms with Crippen LogP contribution in [0.1, 0.15) is 13.8 Å². The molecule has 1 rings (SSSR count). The average molecular weight is 333 g/mol. The first-order valence-electron chi connectivity index (χ1n) is 6.37. The second-order valence-electron chi connectivity index (χ2n) is 4.34. The van der Waals surface area contributed by atoms with Crippen molar-refractivity contribution in [3.8, 4) is 0 Å². The van der Waals surface area contributed by atoms with Crippen LogP contribution in [0.2, 0.25) is 0 Å². The van der Waals surface area contributed by atoms with Gasteiger partial charge >= 0.3 is 5.69 Å². The lowest BCUT2D eigenvalue weighted by atomic mass is 10.2. The molecule has 1 atom stereocenters. The molecule has 118 valence electrons. The molecule has 0 aromatic heterocycles. The summed E-state index contributed by atoms with van der Waals surface area (Å²) in [5.41, 5.74) is -0.230. The molecule has 2 N–H and O–H groups in total. The highest BCUT2D eigenvalue weighted by atomic mass is 32.2. The Morgan fingerprint density at radius 1 is 1.43 bits per heavy atom. The molecule has 1 unspecified atom stereocenters. The number of thioether (sulfide) groups is 1. The van der Waals surface area contributed by atoms with Crippen molar-refractivity contribution in [2.75, 3.05) is 24.7 Å². The standard InChI is InChI=1S/C12H19N3O4S2/c1-4-13-10-6-5-7-11(12(10)15(16)17)21(18,19)14-8-9(2)20-3/h5-7,9,13-14H,4,8H2,1-3H3. The highest BCUT2D eigenvalue weighted by molar-refractivity contribution is 7.99. The summed E-state index contributed by atoms with van der Waals surface area (Å²) in [7, 11) is -3.93. The fourth-order valence-electron chi connectivity index (χ4n) is 1.65. The predicted octanol–water partition coefficient (Wildman–Crippen LogP) is 2.06. The van der Waals surface area contributed by atoms with Gasteiger partial charge < -0.3 is 5.32 Å². The number of anilines is 1. The summed E-state index contributed by atoms with van der Waals surface area (Å²) in [6.07, 6.45) is 1.87. The van der Waals surface area contributed by atoms with Crippen LogP contribution in [-0.2, 0) is 10.0 Å². The molecule has 0 spiro atoms. The van der Waals surface area contributed by atoms with Gasteiger partial charge in [0.15, 0.2) is 4.90 Å². The van der Waals surface area contributed by atoms with Crippen LogP contribution in [0, 0.1) is 10.1 Å². The van der Waals surface area contributed by atoms with Crippen LogP contribution >= 0.6 is 11.8 Å². The Bertz CT molecular complexity index is 605. The summed E-state index contributed by atoms with van der Waals surface area (Å²) in [5, 5.41) is 14.1. The van der Waals surface area contributed by atoms with Crippen molar-refractivity contribution in [2.24, 2.45) is 0 Å². The number of rotatable bonds is 8. The van der Waals surface area contributed by atoms with Crippen LogP contribution in [-0.4, -0.2) is 37.9 Å². The molecule has 0 saturated heterocycles. The van der Waals surface area contributed by atoms with Crippen LogP contribution in [0.25, 0.3) is 0 Å². The Morgan fingerprint density at radius 3 is 2.62 bits per heavy atom. The van der Waals surface area contributed by atoms with Crippen LogP contribution < -0.4 is 10.0 Å². The number of sulfonamides is 1. The molecule has 0 heterocycles. The van der Waals surface area contributed by atoms with Gasteiger partial charge in [0.1, 0.15) is 5.69 Å². The molecule has 0 aliphatic carbocycles. The Hall–Kier alpha value is -1.32. The summed E-state index contributed by atoms with van der Waals surface area (Å²) >= 11 is 1.51. The molecule has 1 aromatic carbocycles. The van der Waals surface area contributed by atoms with E-state index < -0.39 is 20.6 Å². The number of nitro groups is 1. The van der Waals surface area contributed by atoms with Gasteiger partial charge in [0.2, 0.25) is 10.0 Å². The van der Waals surface area contributed by atoms with Gasteiger partial charge in [-0.15, -0.1) is 0 Å². The van der Waals surface area contributed by atoms with Crippen LogP contribution in [0.5, 0.6) is 0 Å². The lowest BCUT2D eigenvalue weighted by Gasteiger charge is -2.12. The third-order valence-electron chi connectivity index (χ3n) is 2.80. The molecule has 0 radical (unpaired) electrons. The molecule has 0 fully saturated rings. The van der Waals surface area contributed by atoms with Gasteiger partial charge in [-0.2, -0.15) is 11.8 Å². The number of nitrogens with zero attached hydrogens (tertiary/aromatic N) is 1. The van der Waals surface area contributed by atoms with Gasteiger partial charge in [-0.05, 0) is 25.3 Å². The minimum Gasteiger partial charge on any atom is -0.380 e. The first kappa shape index (κ1) is 17.7. The summed E-state index contributed by atoms with van der Waals surface area (Å²) < 4.78 is 27.0. The zero-order valence-corrected chi connectivity index (χ0v) is 13.8. The average Bonchev–Trinajstić information content (AvgIpc) is 2.44. The summed E-state index contributed by atoms with van der Waals surface area (Å²) in [6.45, 7) is 4.33. The van der Waals surface area contributed by atoms with E-state index in [0.29, 0.717) is 6.54 Å². The smallest absolute Gasteiger partial charge is 0.312 e. The topological polar surface area (TPSA) is 101 Å². The highest BCUT2D eigenvalue weighted by Crippen LogP contribution is 2.31. The van der Waals surface area contributed by atoms with E-state index in [1.165, 1.54) is 30.0 Å². The van der Waals surface area contributed by atoms with E-state index in [1.54, 1.807) is 6.92 Å². The Kier molecular flexibility index (Phi) is 6.43. The second-order valence-corrected chi connectivity index (χ2v) is 7.35. The van der Waals surface area contributed by atoms with Crippen molar-refractivity contribution in [2.45, 2.75) is 24.0 Å². The Morgan fingerprint density at radius 2 is 2.10 bits per heavy atom. The maximum absolute atomic E-state index is 12.3. The lowest BCUT2D eigenvalue weighted by molar-refractivity contribution is -0.386. The van der Waals surface area contributed by atoms with E-state index in [2.05, 4.69) is 10.0 Å². The van der Waals surface area contributed by atoms with Gasteiger partial charge in [-0.3, -0.25) is 10.1 Å². The minimum atomic E-state index is -3.93. The number of benzene rings is 1. The second kappa shape index (κ2) is 7.62. The number of nitro benzene ring substituents is 1. The summed E-state index contributed by atoms with van der Waals surface area (Å²) in [5.74, 6) is 0. The van der Waals surface area contributed by atoms with Crippen molar-refractivity contribution < 1.29 is 13.3 Å². The zero-order chi connectivity index (χ0) is 16.0. The fraction of sp³-hybridized carbons (Fsp3) is 0.500. The number of hydrogen-bond donors (Lipinski definition) is 2. The van der Waals surface area contributed by atoms with Gasteiger partial charge in [0, 0.05) is 18.3 Å². The molecule has 0 saturated carbocycles. The largest absolute Gasteiger partial charge is 0.380 e. The maximum atomic E-state index is 12.3. The number of hydrogen-bond acceptors (Lipinski definition) is 6. The first-order valence-corrected chi connectivity index (χ1v) is 9.14. The van der Waals surface area contributed by atoms with Crippen LogP contribution in [0.4, 0.5) is 11.4 Å². The number of nitrogens with one attached hydrogen (secondary N) is 2. The van der Waals surface area contributed by atoms with Crippen molar-refractivity contribution in [3.05, 3.63) is 28.3 Å². The predicted molar refractivity (Wildman–Crippen MR) is 85.4 cm³/mol. The lowest BCUT2D eigenvalue weighted by Crippen LogP contribution is -2.30. The van der Waals surface area contributed by atoms with Crippen molar-refractivity contribution >= 4 is 33.2 Å². The van der Waals surface area contributed by atoms with E-state index in [0.717, 1.165) is 0 Å². The van der Waals surface area contributed by atoms with Crippen molar-refractivity contribution in [3.63, 3.8) is 0 Å². The maximum Gasteiger partial charge on any atom is 0.312 e.